The third-order valence-electron chi connectivity index (χ3n) is 5.79. The number of hydrogen-bond acceptors (Lipinski definition) is 5. The fraction of sp³-hybridized carbons (Fsp3) is 0.185. The van der Waals surface area contributed by atoms with Crippen molar-refractivity contribution < 1.29 is 27.9 Å². The van der Waals surface area contributed by atoms with Crippen LogP contribution in [0.3, 0.4) is 0 Å². The number of carbonyl (C=O) groups excluding carboxylic acids is 1. The van der Waals surface area contributed by atoms with Crippen molar-refractivity contribution in [2.75, 3.05) is 11.3 Å². The smallest absolute Gasteiger partial charge is 0.307 e. The molecule has 0 aliphatic carbocycles. The van der Waals surface area contributed by atoms with Crippen LogP contribution in [-0.2, 0) is 21.2 Å². The van der Waals surface area contributed by atoms with E-state index in [-0.39, 0.29) is 44.3 Å². The van der Waals surface area contributed by atoms with Crippen molar-refractivity contribution in [2.45, 2.75) is 31.1 Å². The van der Waals surface area contributed by atoms with Gasteiger partial charge in [-0.3, -0.25) is 14.3 Å². The molecule has 4 N–H and O–H groups in total. The molecule has 0 atom stereocenters. The van der Waals surface area contributed by atoms with Crippen LogP contribution in [0.2, 0.25) is 10.0 Å². The summed E-state index contributed by atoms with van der Waals surface area (Å²) in [5.74, 6) is -0.826. The molecule has 204 valence electrons. The quantitative estimate of drug-likeness (QED) is 0.153. The maximum atomic E-state index is 13.2. The Morgan fingerprint density at radius 2 is 1.85 bits per heavy atom. The van der Waals surface area contributed by atoms with Crippen molar-refractivity contribution in [1.29, 1.82) is 0 Å². The summed E-state index contributed by atoms with van der Waals surface area (Å²) >= 11 is 12.1. The highest BCUT2D eigenvalue weighted by molar-refractivity contribution is 7.92. The third-order valence-corrected chi connectivity index (χ3v) is 7.88. The van der Waals surface area contributed by atoms with Crippen LogP contribution in [0.4, 0.5) is 5.69 Å². The zero-order valence-electron chi connectivity index (χ0n) is 20.8. The molecule has 4 rings (SSSR count). The largest absolute Gasteiger partial charge is 0.481 e. The van der Waals surface area contributed by atoms with Crippen molar-refractivity contribution in [1.82, 2.24) is 10.3 Å². The van der Waals surface area contributed by atoms with Gasteiger partial charge in [-0.25, -0.2) is 8.42 Å². The summed E-state index contributed by atoms with van der Waals surface area (Å²) in [6.45, 7) is 2.49. The molecule has 0 spiro atoms. The van der Waals surface area contributed by atoms with Crippen molar-refractivity contribution in [2.24, 2.45) is 0 Å². The number of aromatic amines is 1. The van der Waals surface area contributed by atoms with E-state index in [4.69, 9.17) is 33.0 Å². The van der Waals surface area contributed by atoms with E-state index in [1.165, 1.54) is 36.4 Å². The second-order valence-electron chi connectivity index (χ2n) is 8.69. The maximum Gasteiger partial charge on any atom is 0.307 e. The van der Waals surface area contributed by atoms with E-state index in [9.17, 15) is 18.0 Å². The number of anilines is 1. The molecule has 1 amide bonds. The van der Waals surface area contributed by atoms with E-state index in [0.717, 1.165) is 18.2 Å². The van der Waals surface area contributed by atoms with Gasteiger partial charge in [0, 0.05) is 40.3 Å². The van der Waals surface area contributed by atoms with Crippen LogP contribution in [0.1, 0.15) is 35.7 Å². The molecule has 39 heavy (non-hydrogen) atoms. The number of carbonyl (C=O) groups is 2. The van der Waals surface area contributed by atoms with Crippen molar-refractivity contribution in [3.8, 4) is 11.5 Å². The fourth-order valence-electron chi connectivity index (χ4n) is 3.88. The van der Waals surface area contributed by atoms with Gasteiger partial charge in [-0.15, -0.1) is 0 Å². The molecule has 0 aliphatic rings. The molecule has 1 heterocycles. The Morgan fingerprint density at radius 1 is 1.05 bits per heavy atom. The van der Waals surface area contributed by atoms with Crippen molar-refractivity contribution >= 4 is 61.7 Å². The number of amides is 1. The second kappa shape index (κ2) is 12.0. The van der Waals surface area contributed by atoms with Crippen molar-refractivity contribution in [3.63, 3.8) is 0 Å². The Hall–Kier alpha value is -3.73. The molecule has 1 aromatic heterocycles. The predicted octanol–water partition coefficient (Wildman–Crippen LogP) is 6.22. The molecule has 0 aliphatic heterocycles. The van der Waals surface area contributed by atoms with Gasteiger partial charge in [0.2, 0.25) is 0 Å². The number of halogens is 2. The SMILES string of the molecule is CCCCNC(=O)c1ccc(Oc2ccc3c(CC(=O)O)c[nH]c3c2)c(NS(=O)(=O)c2ccc(Cl)cc2Cl)c1. The first-order chi connectivity index (χ1) is 18.6. The first-order valence-corrected chi connectivity index (χ1v) is 14.2. The van der Waals surface area contributed by atoms with Crippen LogP contribution in [0, 0.1) is 0 Å². The van der Waals surface area contributed by atoms with Gasteiger partial charge in [-0.1, -0.05) is 36.5 Å². The number of sulfonamides is 1. The van der Waals surface area contributed by atoms with Crippen LogP contribution in [-0.4, -0.2) is 36.9 Å². The molecule has 0 fully saturated rings. The molecule has 0 saturated heterocycles. The molecule has 3 aromatic carbocycles. The van der Waals surface area contributed by atoms with Crippen LogP contribution >= 0.6 is 23.2 Å². The molecule has 0 saturated carbocycles. The monoisotopic (exact) mass is 589 g/mol. The van der Waals surface area contributed by atoms with Gasteiger partial charge in [0.1, 0.15) is 10.6 Å². The Kier molecular flexibility index (Phi) is 8.69. The van der Waals surface area contributed by atoms with Gasteiger partial charge in [0.05, 0.1) is 17.1 Å². The lowest BCUT2D eigenvalue weighted by Crippen LogP contribution is -2.24. The molecular formula is C27H25Cl2N3O6S. The zero-order chi connectivity index (χ0) is 28.2. The third kappa shape index (κ3) is 6.83. The molecule has 12 heteroatoms. The lowest BCUT2D eigenvalue weighted by Gasteiger charge is -2.16. The normalized spacial score (nSPS) is 11.4. The van der Waals surface area contributed by atoms with Crippen molar-refractivity contribution in [3.05, 3.63) is 82.0 Å². The standard InChI is InChI=1S/C27H25Cl2N3O6S/c1-2-3-10-30-27(35)16-4-8-24(23(11-16)32-39(36,37)25-9-5-18(28)13-21(25)29)38-19-6-7-20-17(12-26(33)34)15-31-22(20)14-19/h4-9,11,13-15,31-32H,2-3,10,12H2,1H3,(H,30,35)(H,33,34). The topological polar surface area (TPSA) is 138 Å². The second-order valence-corrected chi connectivity index (χ2v) is 11.2. The number of aliphatic carboxylic acids is 1. The summed E-state index contributed by atoms with van der Waals surface area (Å²) in [4.78, 5) is 26.6. The number of benzene rings is 3. The highest BCUT2D eigenvalue weighted by Crippen LogP contribution is 2.35. The average Bonchev–Trinajstić information content (AvgIpc) is 3.26. The lowest BCUT2D eigenvalue weighted by atomic mass is 10.1. The summed E-state index contributed by atoms with van der Waals surface area (Å²) in [5, 5.41) is 12.9. The number of carboxylic acid groups (broad SMARTS) is 1. The van der Waals surface area contributed by atoms with Crippen LogP contribution in [0.25, 0.3) is 10.9 Å². The van der Waals surface area contributed by atoms with Gasteiger partial charge < -0.3 is 20.1 Å². The van der Waals surface area contributed by atoms with Gasteiger partial charge >= 0.3 is 5.97 Å². The average molecular weight is 590 g/mol. The Morgan fingerprint density at radius 3 is 2.56 bits per heavy atom. The molecule has 0 unspecified atom stereocenters. The van der Waals surface area contributed by atoms with E-state index in [1.807, 2.05) is 6.92 Å². The number of aromatic nitrogens is 1. The van der Waals surface area contributed by atoms with E-state index in [0.29, 0.717) is 23.4 Å². The van der Waals surface area contributed by atoms with Crippen LogP contribution in [0.5, 0.6) is 11.5 Å². The lowest BCUT2D eigenvalue weighted by molar-refractivity contribution is -0.136. The summed E-state index contributed by atoms with van der Waals surface area (Å²) in [6.07, 6.45) is 3.19. The minimum absolute atomic E-state index is 0.0160. The first kappa shape index (κ1) is 28.3. The predicted molar refractivity (Wildman–Crippen MR) is 151 cm³/mol. The van der Waals surface area contributed by atoms with E-state index >= 15 is 0 Å². The number of fused-ring (bicyclic) bond motifs is 1. The fourth-order valence-corrected chi connectivity index (χ4v) is 5.71. The van der Waals surface area contributed by atoms with E-state index in [2.05, 4.69) is 15.0 Å². The number of carboxylic acids is 1. The highest BCUT2D eigenvalue weighted by Gasteiger charge is 2.22. The summed E-state index contributed by atoms with van der Waals surface area (Å²) in [7, 11) is -4.20. The van der Waals surface area contributed by atoms with Crippen LogP contribution in [0.15, 0.2) is 65.7 Å². The Bertz CT molecular complexity index is 1650. The molecule has 4 aromatic rings. The number of H-pyrrole nitrogens is 1. The summed E-state index contributed by atoms with van der Waals surface area (Å²) in [5.41, 5.74) is 1.51. The Labute approximate surface area is 235 Å². The molecular weight excluding hydrogens is 565 g/mol. The van der Waals surface area contributed by atoms with Crippen LogP contribution < -0.4 is 14.8 Å². The first-order valence-electron chi connectivity index (χ1n) is 12.0. The Balaban J connectivity index is 1.69. The minimum atomic E-state index is -4.20. The minimum Gasteiger partial charge on any atom is -0.481 e. The molecule has 9 nitrogen and oxygen atoms in total. The molecule has 0 bridgehead atoms. The van der Waals surface area contributed by atoms with Gasteiger partial charge in [0.25, 0.3) is 15.9 Å². The highest BCUT2D eigenvalue weighted by atomic mass is 35.5. The number of unbranched alkanes of at least 4 members (excludes halogenated alkanes) is 1. The number of nitrogens with one attached hydrogen (secondary N) is 3. The number of ether oxygens (including phenoxy) is 1. The van der Waals surface area contributed by atoms with Gasteiger partial charge in [-0.05, 0) is 60.5 Å². The van der Waals surface area contributed by atoms with E-state index in [1.54, 1.807) is 24.4 Å². The summed E-state index contributed by atoms with van der Waals surface area (Å²) < 4.78 is 35.0. The van der Waals surface area contributed by atoms with Gasteiger partial charge in [-0.2, -0.15) is 0 Å². The van der Waals surface area contributed by atoms with E-state index < -0.39 is 16.0 Å². The molecule has 0 radical (unpaired) electrons. The van der Waals surface area contributed by atoms with Gasteiger partial charge in [0.15, 0.2) is 5.75 Å². The zero-order valence-corrected chi connectivity index (χ0v) is 23.1. The maximum absolute atomic E-state index is 13.2. The number of hydrogen-bond donors (Lipinski definition) is 4. The summed E-state index contributed by atoms with van der Waals surface area (Å²) in [6, 6.07) is 13.4. The number of rotatable bonds is 11.